The SMILES string of the molecule is CC(=O)NC(C)C(=O)N1CCCC1C. The minimum absolute atomic E-state index is 0.0326. The zero-order chi connectivity index (χ0) is 10.7. The molecule has 4 heteroatoms. The van der Waals surface area contributed by atoms with Crippen LogP contribution in [0.1, 0.15) is 33.6 Å². The minimum atomic E-state index is -0.395. The van der Waals surface area contributed by atoms with Crippen molar-refractivity contribution in [1.29, 1.82) is 0 Å². The van der Waals surface area contributed by atoms with Crippen LogP contribution in [0, 0.1) is 0 Å². The molecule has 14 heavy (non-hydrogen) atoms. The number of rotatable bonds is 2. The van der Waals surface area contributed by atoms with Gasteiger partial charge in [0.05, 0.1) is 0 Å². The van der Waals surface area contributed by atoms with Gasteiger partial charge in [-0.1, -0.05) is 0 Å². The van der Waals surface area contributed by atoms with Gasteiger partial charge in [-0.25, -0.2) is 0 Å². The van der Waals surface area contributed by atoms with E-state index in [9.17, 15) is 9.59 Å². The van der Waals surface area contributed by atoms with Crippen LogP contribution >= 0.6 is 0 Å². The first kappa shape index (κ1) is 11.0. The quantitative estimate of drug-likeness (QED) is 0.703. The summed E-state index contributed by atoms with van der Waals surface area (Å²) in [6, 6.07) is -0.0771. The molecule has 0 bridgehead atoms. The van der Waals surface area contributed by atoms with Gasteiger partial charge in [-0.05, 0) is 26.7 Å². The Morgan fingerprint density at radius 3 is 2.57 bits per heavy atom. The van der Waals surface area contributed by atoms with E-state index in [0.717, 1.165) is 19.4 Å². The highest BCUT2D eigenvalue weighted by Gasteiger charge is 2.28. The molecule has 1 aliphatic heterocycles. The van der Waals surface area contributed by atoms with Gasteiger partial charge in [0, 0.05) is 19.5 Å². The molecule has 80 valence electrons. The molecule has 0 aromatic rings. The molecule has 1 aliphatic rings. The summed E-state index contributed by atoms with van der Waals surface area (Å²) >= 11 is 0. The first-order valence-corrected chi connectivity index (χ1v) is 5.10. The zero-order valence-corrected chi connectivity index (χ0v) is 9.04. The van der Waals surface area contributed by atoms with Gasteiger partial charge in [-0.15, -0.1) is 0 Å². The highest BCUT2D eigenvalue weighted by Crippen LogP contribution is 2.17. The maximum atomic E-state index is 11.8. The van der Waals surface area contributed by atoms with Crippen LogP contribution in [0.2, 0.25) is 0 Å². The fourth-order valence-corrected chi connectivity index (χ4v) is 1.88. The summed E-state index contributed by atoms with van der Waals surface area (Å²) in [6.45, 7) is 6.03. The Labute approximate surface area is 84.7 Å². The standard InChI is InChI=1S/C10H18N2O2/c1-7-5-4-6-12(7)10(14)8(2)11-9(3)13/h7-8H,4-6H2,1-3H3,(H,11,13). The van der Waals surface area contributed by atoms with E-state index in [1.165, 1.54) is 6.92 Å². The highest BCUT2D eigenvalue weighted by molar-refractivity contribution is 5.86. The molecule has 0 radical (unpaired) electrons. The normalized spacial score (nSPS) is 23.4. The second-order valence-corrected chi connectivity index (χ2v) is 3.95. The number of nitrogens with zero attached hydrogens (tertiary/aromatic N) is 1. The Hall–Kier alpha value is -1.06. The molecule has 0 aliphatic carbocycles. The molecule has 1 heterocycles. The molecule has 1 N–H and O–H groups in total. The second-order valence-electron chi connectivity index (χ2n) is 3.95. The average Bonchev–Trinajstić information content (AvgIpc) is 2.48. The number of likely N-dealkylation sites (tertiary alicyclic amines) is 1. The van der Waals surface area contributed by atoms with Gasteiger partial charge < -0.3 is 10.2 Å². The number of carbonyl (C=O) groups excluding carboxylic acids is 2. The molecular formula is C10H18N2O2. The largest absolute Gasteiger partial charge is 0.345 e. The van der Waals surface area contributed by atoms with Gasteiger partial charge in [0.25, 0.3) is 0 Å². The first-order valence-electron chi connectivity index (χ1n) is 5.10. The van der Waals surface area contributed by atoms with Crippen LogP contribution in [0.3, 0.4) is 0 Å². The molecule has 2 unspecified atom stereocenters. The van der Waals surface area contributed by atoms with Gasteiger partial charge in [0.2, 0.25) is 11.8 Å². The Bertz CT molecular complexity index is 240. The molecule has 0 aromatic heterocycles. The van der Waals surface area contributed by atoms with Gasteiger partial charge >= 0.3 is 0 Å². The van der Waals surface area contributed by atoms with Crippen LogP contribution in [-0.4, -0.2) is 35.3 Å². The van der Waals surface area contributed by atoms with Crippen LogP contribution in [0.15, 0.2) is 0 Å². The summed E-state index contributed by atoms with van der Waals surface area (Å²) in [7, 11) is 0. The van der Waals surface area contributed by atoms with Crippen molar-refractivity contribution < 1.29 is 9.59 Å². The molecule has 2 atom stereocenters. The van der Waals surface area contributed by atoms with Crippen LogP contribution in [0.25, 0.3) is 0 Å². The summed E-state index contributed by atoms with van der Waals surface area (Å²) < 4.78 is 0. The Balaban J connectivity index is 2.51. The predicted octanol–water partition coefficient (Wildman–Crippen LogP) is 0.522. The maximum Gasteiger partial charge on any atom is 0.245 e. The van der Waals surface area contributed by atoms with Crippen LogP contribution < -0.4 is 5.32 Å². The molecule has 2 amide bonds. The van der Waals surface area contributed by atoms with Gasteiger partial charge in [0.1, 0.15) is 6.04 Å². The van der Waals surface area contributed by atoms with Crippen molar-refractivity contribution >= 4 is 11.8 Å². The van der Waals surface area contributed by atoms with E-state index in [1.807, 2.05) is 11.8 Å². The van der Waals surface area contributed by atoms with E-state index < -0.39 is 6.04 Å². The van der Waals surface area contributed by atoms with Crippen molar-refractivity contribution in [3.63, 3.8) is 0 Å². The number of nitrogens with one attached hydrogen (secondary N) is 1. The van der Waals surface area contributed by atoms with E-state index in [1.54, 1.807) is 6.92 Å². The second kappa shape index (κ2) is 4.44. The van der Waals surface area contributed by atoms with Crippen LogP contribution in [-0.2, 0) is 9.59 Å². The minimum Gasteiger partial charge on any atom is -0.345 e. The van der Waals surface area contributed by atoms with Gasteiger partial charge in [0.15, 0.2) is 0 Å². The zero-order valence-electron chi connectivity index (χ0n) is 9.04. The molecule has 1 rings (SSSR count). The topological polar surface area (TPSA) is 49.4 Å². The molecule has 0 aromatic carbocycles. The summed E-state index contributed by atoms with van der Waals surface area (Å²) in [5.74, 6) is -0.122. The lowest BCUT2D eigenvalue weighted by Crippen LogP contribution is -2.47. The van der Waals surface area contributed by atoms with E-state index in [-0.39, 0.29) is 11.8 Å². The molecule has 0 spiro atoms. The average molecular weight is 198 g/mol. The summed E-state index contributed by atoms with van der Waals surface area (Å²) in [6.07, 6.45) is 2.14. The summed E-state index contributed by atoms with van der Waals surface area (Å²) in [5.41, 5.74) is 0. The lowest BCUT2D eigenvalue weighted by atomic mass is 10.2. The van der Waals surface area contributed by atoms with Gasteiger partial charge in [-0.3, -0.25) is 9.59 Å². The number of carbonyl (C=O) groups is 2. The summed E-state index contributed by atoms with van der Waals surface area (Å²) in [4.78, 5) is 24.4. The third kappa shape index (κ3) is 2.47. The van der Waals surface area contributed by atoms with E-state index in [0.29, 0.717) is 6.04 Å². The highest BCUT2D eigenvalue weighted by atomic mass is 16.2. The monoisotopic (exact) mass is 198 g/mol. The van der Waals surface area contributed by atoms with Crippen molar-refractivity contribution in [3.8, 4) is 0 Å². The third-order valence-corrected chi connectivity index (χ3v) is 2.63. The van der Waals surface area contributed by atoms with Gasteiger partial charge in [-0.2, -0.15) is 0 Å². The summed E-state index contributed by atoms with van der Waals surface area (Å²) in [5, 5.41) is 2.61. The number of hydrogen-bond acceptors (Lipinski definition) is 2. The molecule has 1 fully saturated rings. The third-order valence-electron chi connectivity index (χ3n) is 2.63. The van der Waals surface area contributed by atoms with Crippen molar-refractivity contribution in [2.24, 2.45) is 0 Å². The van der Waals surface area contributed by atoms with Crippen LogP contribution in [0.5, 0.6) is 0 Å². The van der Waals surface area contributed by atoms with Crippen LogP contribution in [0.4, 0.5) is 0 Å². The molecule has 0 saturated carbocycles. The number of amides is 2. The fraction of sp³-hybridized carbons (Fsp3) is 0.800. The van der Waals surface area contributed by atoms with Crippen molar-refractivity contribution in [3.05, 3.63) is 0 Å². The Morgan fingerprint density at radius 1 is 1.50 bits per heavy atom. The van der Waals surface area contributed by atoms with Crippen molar-refractivity contribution in [1.82, 2.24) is 10.2 Å². The lowest BCUT2D eigenvalue weighted by Gasteiger charge is -2.25. The predicted molar refractivity (Wildman–Crippen MR) is 53.7 cm³/mol. The Kier molecular flexibility index (Phi) is 3.49. The van der Waals surface area contributed by atoms with Crippen molar-refractivity contribution in [2.45, 2.75) is 45.7 Å². The molecular weight excluding hydrogens is 180 g/mol. The fourth-order valence-electron chi connectivity index (χ4n) is 1.88. The molecule has 1 saturated heterocycles. The number of hydrogen-bond donors (Lipinski definition) is 1. The van der Waals surface area contributed by atoms with Crippen molar-refractivity contribution in [2.75, 3.05) is 6.54 Å². The lowest BCUT2D eigenvalue weighted by molar-refractivity contribution is -0.136. The Morgan fingerprint density at radius 2 is 2.14 bits per heavy atom. The van der Waals surface area contributed by atoms with E-state index >= 15 is 0 Å². The maximum absolute atomic E-state index is 11.8. The van der Waals surface area contributed by atoms with E-state index in [2.05, 4.69) is 5.32 Å². The van der Waals surface area contributed by atoms with E-state index in [4.69, 9.17) is 0 Å². The smallest absolute Gasteiger partial charge is 0.245 e. The molecule has 4 nitrogen and oxygen atoms in total. The first-order chi connectivity index (χ1) is 6.52.